The molecule has 0 saturated heterocycles. The topological polar surface area (TPSA) is 113 Å². The summed E-state index contributed by atoms with van der Waals surface area (Å²) in [4.78, 5) is 28.4. The number of hydrogen-bond donors (Lipinski definition) is 2. The molecule has 0 fully saturated rings. The summed E-state index contributed by atoms with van der Waals surface area (Å²) in [5.41, 5.74) is 4.68. The molecule has 1 aromatic carbocycles. The molecule has 2 aromatic rings. The Morgan fingerprint density at radius 1 is 1.36 bits per heavy atom. The van der Waals surface area contributed by atoms with Crippen molar-refractivity contribution < 1.29 is 4.92 Å². The van der Waals surface area contributed by atoms with Crippen LogP contribution in [0.4, 0.5) is 11.6 Å². The number of rotatable bonds is 4. The lowest BCUT2D eigenvalue weighted by atomic mass is 10.1. The maximum atomic E-state index is 11.3. The van der Waals surface area contributed by atoms with Gasteiger partial charge in [-0.25, -0.2) is 10.4 Å². The van der Waals surface area contributed by atoms with Crippen molar-refractivity contribution in [3.05, 3.63) is 61.6 Å². The minimum atomic E-state index is -0.431. The van der Waals surface area contributed by atoms with Gasteiger partial charge in [0.15, 0.2) is 0 Å². The Balaban J connectivity index is 2.27. The highest BCUT2D eigenvalue weighted by molar-refractivity contribution is 5.99. The first-order valence-electron chi connectivity index (χ1n) is 6.50. The molecule has 1 aromatic heterocycles. The van der Waals surface area contributed by atoms with E-state index in [9.17, 15) is 14.9 Å². The molecule has 0 saturated carbocycles. The number of benzene rings is 1. The molecule has 0 aliphatic rings. The SMILES string of the molecule is C/C(=N\Nc1nc(C)cc(=O)[nH]1)c1ccc(C)c([N+](=O)[O-])c1. The van der Waals surface area contributed by atoms with E-state index in [0.29, 0.717) is 22.5 Å². The summed E-state index contributed by atoms with van der Waals surface area (Å²) >= 11 is 0. The Kier molecular flexibility index (Phi) is 4.31. The predicted octanol–water partition coefficient (Wildman–Crippen LogP) is 2.13. The molecule has 0 amide bonds. The number of nitrogens with zero attached hydrogens (tertiary/aromatic N) is 3. The Morgan fingerprint density at radius 3 is 2.73 bits per heavy atom. The number of aromatic amines is 1. The van der Waals surface area contributed by atoms with Gasteiger partial charge in [0.25, 0.3) is 11.2 Å². The maximum absolute atomic E-state index is 11.3. The van der Waals surface area contributed by atoms with Crippen molar-refractivity contribution in [3.63, 3.8) is 0 Å². The summed E-state index contributed by atoms with van der Waals surface area (Å²) in [6, 6.07) is 6.24. The first-order chi connectivity index (χ1) is 10.4. The van der Waals surface area contributed by atoms with Crippen LogP contribution in [0.3, 0.4) is 0 Å². The second kappa shape index (κ2) is 6.17. The van der Waals surface area contributed by atoms with Gasteiger partial charge in [-0.1, -0.05) is 12.1 Å². The Hall–Kier alpha value is -3.03. The van der Waals surface area contributed by atoms with Gasteiger partial charge in [-0.3, -0.25) is 19.9 Å². The van der Waals surface area contributed by atoms with E-state index < -0.39 is 4.92 Å². The van der Waals surface area contributed by atoms with Crippen molar-refractivity contribution in [1.29, 1.82) is 0 Å². The van der Waals surface area contributed by atoms with Crippen LogP contribution < -0.4 is 11.0 Å². The van der Waals surface area contributed by atoms with Crippen molar-refractivity contribution in [2.75, 3.05) is 5.43 Å². The second-order valence-corrected chi connectivity index (χ2v) is 4.80. The van der Waals surface area contributed by atoms with Gasteiger partial charge >= 0.3 is 0 Å². The third kappa shape index (κ3) is 3.54. The largest absolute Gasteiger partial charge is 0.291 e. The smallest absolute Gasteiger partial charge is 0.272 e. The summed E-state index contributed by atoms with van der Waals surface area (Å²) in [5, 5.41) is 15.0. The van der Waals surface area contributed by atoms with Gasteiger partial charge in [0, 0.05) is 29.0 Å². The van der Waals surface area contributed by atoms with Crippen LogP contribution in [0.25, 0.3) is 0 Å². The van der Waals surface area contributed by atoms with E-state index in [1.165, 1.54) is 12.1 Å². The van der Waals surface area contributed by atoms with Crippen LogP contribution in [-0.4, -0.2) is 20.6 Å². The zero-order chi connectivity index (χ0) is 16.3. The van der Waals surface area contributed by atoms with Crippen LogP contribution in [0, 0.1) is 24.0 Å². The molecule has 8 nitrogen and oxygen atoms in total. The molecule has 22 heavy (non-hydrogen) atoms. The van der Waals surface area contributed by atoms with Gasteiger partial charge in [0.05, 0.1) is 10.6 Å². The average molecular weight is 301 g/mol. The van der Waals surface area contributed by atoms with Crippen LogP contribution in [0.1, 0.15) is 23.7 Å². The fourth-order valence-corrected chi connectivity index (χ4v) is 1.86. The van der Waals surface area contributed by atoms with Crippen molar-refractivity contribution in [2.45, 2.75) is 20.8 Å². The van der Waals surface area contributed by atoms with Crippen molar-refractivity contribution in [3.8, 4) is 0 Å². The first-order valence-corrected chi connectivity index (χ1v) is 6.50. The van der Waals surface area contributed by atoms with E-state index in [2.05, 4.69) is 20.5 Å². The lowest BCUT2D eigenvalue weighted by Gasteiger charge is -2.04. The van der Waals surface area contributed by atoms with Crippen LogP contribution in [-0.2, 0) is 0 Å². The van der Waals surface area contributed by atoms with Gasteiger partial charge in [-0.05, 0) is 20.8 Å². The van der Waals surface area contributed by atoms with Gasteiger partial charge in [0.1, 0.15) is 0 Å². The third-order valence-corrected chi connectivity index (χ3v) is 3.02. The standard InChI is InChI=1S/C14H15N5O3/c1-8-4-5-11(7-12(8)19(21)22)10(3)17-18-14-15-9(2)6-13(20)16-14/h4-7H,1-3H3,(H2,15,16,18,20)/b17-10+. The van der Waals surface area contributed by atoms with Crippen molar-refractivity contribution in [2.24, 2.45) is 5.10 Å². The van der Waals surface area contributed by atoms with Gasteiger partial charge in [-0.2, -0.15) is 5.10 Å². The number of hydrazone groups is 1. The van der Waals surface area contributed by atoms with Gasteiger partial charge in [0.2, 0.25) is 5.95 Å². The Labute approximate surface area is 126 Å². The molecule has 8 heteroatoms. The van der Waals surface area contributed by atoms with E-state index in [1.54, 1.807) is 32.9 Å². The third-order valence-electron chi connectivity index (χ3n) is 3.02. The molecule has 114 valence electrons. The van der Waals surface area contributed by atoms with Crippen LogP contribution in [0.15, 0.2) is 34.2 Å². The minimum absolute atomic E-state index is 0.0362. The van der Waals surface area contributed by atoms with Crippen molar-refractivity contribution in [1.82, 2.24) is 9.97 Å². The monoisotopic (exact) mass is 301 g/mol. The zero-order valence-electron chi connectivity index (χ0n) is 12.4. The zero-order valence-corrected chi connectivity index (χ0v) is 12.4. The van der Waals surface area contributed by atoms with Crippen LogP contribution in [0.5, 0.6) is 0 Å². The number of aryl methyl sites for hydroxylation is 2. The Bertz CT molecular complexity index is 810. The molecular weight excluding hydrogens is 286 g/mol. The number of aromatic nitrogens is 2. The molecule has 0 radical (unpaired) electrons. The molecule has 0 spiro atoms. The van der Waals surface area contributed by atoms with Crippen molar-refractivity contribution >= 4 is 17.3 Å². The van der Waals surface area contributed by atoms with E-state index in [0.717, 1.165) is 0 Å². The highest BCUT2D eigenvalue weighted by Crippen LogP contribution is 2.19. The molecule has 2 rings (SSSR count). The van der Waals surface area contributed by atoms with E-state index in [1.807, 2.05) is 0 Å². The molecule has 0 unspecified atom stereocenters. The summed E-state index contributed by atoms with van der Waals surface area (Å²) in [7, 11) is 0. The molecule has 0 aliphatic carbocycles. The molecule has 0 aliphatic heterocycles. The number of nitro groups is 1. The fraction of sp³-hybridized carbons (Fsp3) is 0.214. The van der Waals surface area contributed by atoms with Crippen LogP contribution >= 0.6 is 0 Å². The molecule has 1 heterocycles. The number of anilines is 1. The lowest BCUT2D eigenvalue weighted by Crippen LogP contribution is -2.11. The summed E-state index contributed by atoms with van der Waals surface area (Å²) in [6.07, 6.45) is 0. The Morgan fingerprint density at radius 2 is 2.09 bits per heavy atom. The second-order valence-electron chi connectivity index (χ2n) is 4.80. The quantitative estimate of drug-likeness (QED) is 0.510. The molecule has 0 bridgehead atoms. The van der Waals surface area contributed by atoms with Crippen LogP contribution in [0.2, 0.25) is 0 Å². The number of H-pyrrole nitrogens is 1. The number of nitro benzene ring substituents is 1. The summed E-state index contributed by atoms with van der Waals surface area (Å²) in [6.45, 7) is 5.07. The normalized spacial score (nSPS) is 11.3. The fourth-order valence-electron chi connectivity index (χ4n) is 1.86. The summed E-state index contributed by atoms with van der Waals surface area (Å²) in [5.74, 6) is 0.214. The predicted molar refractivity (Wildman–Crippen MR) is 83.3 cm³/mol. The van der Waals surface area contributed by atoms with E-state index >= 15 is 0 Å². The number of hydrogen-bond acceptors (Lipinski definition) is 6. The minimum Gasteiger partial charge on any atom is -0.291 e. The van der Waals surface area contributed by atoms with Gasteiger partial charge in [-0.15, -0.1) is 0 Å². The highest BCUT2D eigenvalue weighted by atomic mass is 16.6. The first kappa shape index (κ1) is 15.4. The number of nitrogens with one attached hydrogen (secondary N) is 2. The average Bonchev–Trinajstić information content (AvgIpc) is 2.44. The summed E-state index contributed by atoms with van der Waals surface area (Å²) < 4.78 is 0. The highest BCUT2D eigenvalue weighted by Gasteiger charge is 2.12. The molecule has 0 atom stereocenters. The molecule has 2 N–H and O–H groups in total. The van der Waals surface area contributed by atoms with E-state index in [-0.39, 0.29) is 17.2 Å². The van der Waals surface area contributed by atoms with Gasteiger partial charge < -0.3 is 0 Å². The van der Waals surface area contributed by atoms with E-state index in [4.69, 9.17) is 0 Å². The lowest BCUT2D eigenvalue weighted by molar-refractivity contribution is -0.385. The maximum Gasteiger partial charge on any atom is 0.272 e. The molecular formula is C14H15N5O3.